The molecule has 0 aliphatic rings. The summed E-state index contributed by atoms with van der Waals surface area (Å²) in [7, 11) is -2.41. The molecule has 0 saturated carbocycles. The van der Waals surface area contributed by atoms with Gasteiger partial charge in [-0.05, 0) is 43.8 Å². The number of unbranched alkanes of at least 4 members (excludes halogenated alkanes) is 3. The van der Waals surface area contributed by atoms with Gasteiger partial charge in [0.1, 0.15) is 6.61 Å². The van der Waals surface area contributed by atoms with Gasteiger partial charge in [0.25, 0.3) is 0 Å². The highest BCUT2D eigenvalue weighted by Crippen LogP contribution is 2.17. The molecule has 25 heavy (non-hydrogen) atoms. The molecule has 1 rings (SSSR count). The van der Waals surface area contributed by atoms with E-state index < -0.39 is 8.25 Å². The van der Waals surface area contributed by atoms with E-state index in [0.29, 0.717) is 6.61 Å². The number of nitrogens with zero attached hydrogens (tertiary/aromatic N) is 1. The third-order valence-electron chi connectivity index (χ3n) is 3.84. The van der Waals surface area contributed by atoms with E-state index >= 15 is 0 Å². The Bertz CT molecular complexity index is 411. The van der Waals surface area contributed by atoms with Gasteiger partial charge in [0.05, 0.1) is 0 Å². The van der Waals surface area contributed by atoms with Crippen molar-refractivity contribution in [2.75, 3.05) is 32.0 Å². The Labute approximate surface area is 159 Å². The highest BCUT2D eigenvalue weighted by molar-refractivity contribution is 7.98. The van der Waals surface area contributed by atoms with E-state index in [1.165, 1.54) is 37.4 Å². The molecule has 0 saturated heterocycles. The smallest absolute Gasteiger partial charge is 0.304 e. The number of thioether (sulfide) groups is 1. The van der Waals surface area contributed by atoms with Crippen molar-refractivity contribution in [1.82, 2.24) is 4.90 Å². The van der Waals surface area contributed by atoms with Crippen LogP contribution in [0.4, 0.5) is 0 Å². The first-order valence-corrected chi connectivity index (χ1v) is 11.6. The Morgan fingerprint density at radius 1 is 1.00 bits per heavy atom. The first-order valence-electron chi connectivity index (χ1n) is 9.27. The average molecular weight is 389 g/mol. The van der Waals surface area contributed by atoms with E-state index in [0.717, 1.165) is 25.0 Å². The molecule has 1 aromatic rings. The molecule has 0 spiro atoms. The molecule has 4 nitrogen and oxygen atoms in total. The second-order valence-electron chi connectivity index (χ2n) is 5.64. The van der Waals surface area contributed by atoms with Crippen LogP contribution < -0.4 is 0 Å². The molecule has 0 aliphatic carbocycles. The topological polar surface area (TPSA) is 49.8 Å². The van der Waals surface area contributed by atoms with Crippen LogP contribution in [-0.4, -0.2) is 41.8 Å². The fourth-order valence-electron chi connectivity index (χ4n) is 2.24. The maximum absolute atomic E-state index is 10.2. The summed E-state index contributed by atoms with van der Waals surface area (Å²) in [5.74, 6) is 2.25. The molecule has 0 fully saturated rings. The van der Waals surface area contributed by atoms with E-state index in [1.54, 1.807) is 0 Å². The molecule has 1 unspecified atom stereocenters. The molecule has 0 amide bonds. The van der Waals surface area contributed by atoms with Crippen LogP contribution in [0.25, 0.3) is 0 Å². The average Bonchev–Trinajstić information content (AvgIpc) is 2.63. The summed E-state index contributed by atoms with van der Waals surface area (Å²) >= 11 is 1.96. The molecular formula is C19H35NO3PS+. The lowest BCUT2D eigenvalue weighted by Gasteiger charge is -2.13. The summed E-state index contributed by atoms with van der Waals surface area (Å²) in [6.07, 6.45) is 4.29. The fraction of sp³-hybridized carbons (Fsp3) is 0.684. The predicted octanol–water partition coefficient (Wildman–Crippen LogP) is 5.49. The lowest BCUT2D eigenvalue weighted by Crippen LogP contribution is -2.21. The Hall–Kier alpha value is -0.450. The lowest BCUT2D eigenvalue weighted by atomic mass is 10.2. The van der Waals surface area contributed by atoms with E-state index in [2.05, 4.69) is 54.5 Å². The van der Waals surface area contributed by atoms with Gasteiger partial charge in [-0.3, -0.25) is 0 Å². The quantitative estimate of drug-likeness (QED) is 0.357. The van der Waals surface area contributed by atoms with Crippen LogP contribution >= 0.6 is 20.0 Å². The van der Waals surface area contributed by atoms with Gasteiger partial charge < -0.3 is 4.90 Å². The van der Waals surface area contributed by atoms with Crippen molar-refractivity contribution in [2.24, 2.45) is 0 Å². The predicted molar refractivity (Wildman–Crippen MR) is 110 cm³/mol. The van der Waals surface area contributed by atoms with Crippen LogP contribution in [0.2, 0.25) is 0 Å². The second kappa shape index (κ2) is 18.3. The van der Waals surface area contributed by atoms with Gasteiger partial charge in [0.15, 0.2) is 0 Å². The van der Waals surface area contributed by atoms with Crippen molar-refractivity contribution in [1.29, 1.82) is 0 Å². The fourth-order valence-corrected chi connectivity index (χ4v) is 3.50. The highest BCUT2D eigenvalue weighted by Gasteiger charge is 2.09. The summed E-state index contributed by atoms with van der Waals surface area (Å²) in [4.78, 5) is 10.8. The molecule has 1 atom stereocenters. The Kier molecular flexibility index (Phi) is 18.0. The van der Waals surface area contributed by atoms with Gasteiger partial charge in [-0.25, -0.2) is 0 Å². The first kappa shape index (κ1) is 24.6. The minimum Gasteiger partial charge on any atom is -0.304 e. The van der Waals surface area contributed by atoms with Gasteiger partial charge in [0, 0.05) is 10.3 Å². The molecule has 0 aromatic heterocycles. The maximum atomic E-state index is 10.2. The van der Waals surface area contributed by atoms with Crippen LogP contribution in [0.15, 0.2) is 30.3 Å². The summed E-state index contributed by atoms with van der Waals surface area (Å²) < 4.78 is 14.8. The number of benzene rings is 1. The summed E-state index contributed by atoms with van der Waals surface area (Å²) in [5.41, 5.74) is 1.38. The normalized spacial score (nSPS) is 11.2. The zero-order valence-electron chi connectivity index (χ0n) is 16.0. The standard InChI is InChI=1S/C13H19O3PS.C6H15N/c14-17(15)16-10-6-1-2-7-11-18-12-13-8-4-3-5-9-13;1-4-7(5-2)6-3/h3-5,8-9H,1-2,6-7,10-12H2;4-6H2,1-3H3/p+1. The molecule has 0 radical (unpaired) electrons. The second-order valence-corrected chi connectivity index (χ2v) is 7.48. The molecule has 0 bridgehead atoms. The van der Waals surface area contributed by atoms with Crippen LogP contribution in [0, 0.1) is 0 Å². The van der Waals surface area contributed by atoms with Crippen molar-refractivity contribution >= 4 is 20.0 Å². The summed E-state index contributed by atoms with van der Waals surface area (Å²) in [5, 5.41) is 0. The van der Waals surface area contributed by atoms with Crippen molar-refractivity contribution in [2.45, 2.75) is 52.2 Å². The third-order valence-corrected chi connectivity index (χ3v) is 5.36. The highest BCUT2D eigenvalue weighted by atomic mass is 32.2. The molecule has 1 N–H and O–H groups in total. The first-order chi connectivity index (χ1) is 12.1. The van der Waals surface area contributed by atoms with Crippen LogP contribution in [0.3, 0.4) is 0 Å². The Balaban J connectivity index is 0.000000697. The number of hydrogen-bond donors (Lipinski definition) is 1. The third kappa shape index (κ3) is 16.8. The van der Waals surface area contributed by atoms with E-state index in [4.69, 9.17) is 4.89 Å². The van der Waals surface area contributed by atoms with Crippen molar-refractivity contribution in [3.63, 3.8) is 0 Å². The number of hydrogen-bond acceptors (Lipinski definition) is 4. The molecule has 0 heterocycles. The van der Waals surface area contributed by atoms with Gasteiger partial charge in [0.2, 0.25) is 0 Å². The van der Waals surface area contributed by atoms with Crippen LogP contribution in [0.1, 0.15) is 52.0 Å². The van der Waals surface area contributed by atoms with Gasteiger partial charge >= 0.3 is 8.25 Å². The SMILES string of the molecule is CCN(CC)CC.O=[P+](O)OCCCCCCSCc1ccccc1. The van der Waals surface area contributed by atoms with E-state index in [-0.39, 0.29) is 0 Å². The largest absolute Gasteiger partial charge is 0.694 e. The van der Waals surface area contributed by atoms with Crippen molar-refractivity contribution < 1.29 is 14.0 Å². The van der Waals surface area contributed by atoms with Gasteiger partial charge in [-0.2, -0.15) is 11.8 Å². The Morgan fingerprint density at radius 3 is 2.12 bits per heavy atom. The van der Waals surface area contributed by atoms with Gasteiger partial charge in [-0.1, -0.05) is 63.9 Å². The van der Waals surface area contributed by atoms with Crippen LogP contribution in [-0.2, 0) is 14.8 Å². The zero-order chi connectivity index (χ0) is 18.8. The summed E-state index contributed by atoms with van der Waals surface area (Å²) in [6.45, 7) is 10.5. The number of rotatable bonds is 13. The maximum Gasteiger partial charge on any atom is 0.694 e. The minimum absolute atomic E-state index is 0.392. The van der Waals surface area contributed by atoms with E-state index in [1.807, 2.05) is 17.8 Å². The molecule has 144 valence electrons. The van der Waals surface area contributed by atoms with E-state index in [9.17, 15) is 4.57 Å². The van der Waals surface area contributed by atoms with Crippen molar-refractivity contribution in [3.8, 4) is 0 Å². The van der Waals surface area contributed by atoms with Gasteiger partial charge in [-0.15, -0.1) is 9.42 Å². The molecule has 6 heteroatoms. The Morgan fingerprint density at radius 2 is 1.60 bits per heavy atom. The molecule has 1 aromatic carbocycles. The molecule has 0 aliphatic heterocycles. The molecular weight excluding hydrogens is 353 g/mol. The zero-order valence-corrected chi connectivity index (χ0v) is 17.7. The minimum atomic E-state index is -2.41. The monoisotopic (exact) mass is 388 g/mol. The summed E-state index contributed by atoms with van der Waals surface area (Å²) in [6, 6.07) is 10.5. The lowest BCUT2D eigenvalue weighted by molar-refractivity contribution is 0.274. The van der Waals surface area contributed by atoms with Crippen LogP contribution in [0.5, 0.6) is 0 Å². The van der Waals surface area contributed by atoms with Crippen molar-refractivity contribution in [3.05, 3.63) is 35.9 Å².